The van der Waals surface area contributed by atoms with Gasteiger partial charge in [-0.2, -0.15) is 0 Å². The Morgan fingerprint density at radius 1 is 1.35 bits per heavy atom. The first-order chi connectivity index (χ1) is 9.54. The molecule has 108 valence electrons. The topological polar surface area (TPSA) is 58.4 Å². The highest BCUT2D eigenvalue weighted by Gasteiger charge is 2.32. The van der Waals surface area contributed by atoms with Crippen LogP contribution in [0.4, 0.5) is 15.8 Å². The maximum Gasteiger partial charge on any atom is 0.295 e. The van der Waals surface area contributed by atoms with Crippen molar-refractivity contribution in [2.24, 2.45) is 0 Å². The standard InChI is InChI=1S/C13H15BrFN3O2/c14-10-5-12(13(18(19)20)6-11(10)15)17-4-3-8-1-2-9(7-17)16-8/h5-6,8-9,16H,1-4,7H2. The van der Waals surface area contributed by atoms with E-state index in [9.17, 15) is 14.5 Å². The van der Waals surface area contributed by atoms with E-state index in [2.05, 4.69) is 21.2 Å². The van der Waals surface area contributed by atoms with Crippen molar-refractivity contribution >= 4 is 27.3 Å². The number of nitro benzene ring substituents is 1. The van der Waals surface area contributed by atoms with Crippen LogP contribution in [0.5, 0.6) is 0 Å². The van der Waals surface area contributed by atoms with Crippen molar-refractivity contribution in [3.05, 3.63) is 32.5 Å². The summed E-state index contributed by atoms with van der Waals surface area (Å²) < 4.78 is 13.8. The molecule has 2 aliphatic heterocycles. The number of benzene rings is 1. The largest absolute Gasteiger partial charge is 0.364 e. The van der Waals surface area contributed by atoms with Gasteiger partial charge in [-0.15, -0.1) is 0 Å². The number of hydrogen-bond acceptors (Lipinski definition) is 4. The molecule has 0 spiro atoms. The second-order valence-corrected chi connectivity index (χ2v) is 6.24. The molecule has 0 aliphatic carbocycles. The van der Waals surface area contributed by atoms with Crippen molar-refractivity contribution in [2.75, 3.05) is 18.0 Å². The zero-order valence-electron chi connectivity index (χ0n) is 10.8. The number of hydrogen-bond donors (Lipinski definition) is 1. The molecule has 2 heterocycles. The minimum absolute atomic E-state index is 0.163. The van der Waals surface area contributed by atoms with Gasteiger partial charge in [0, 0.05) is 25.2 Å². The Morgan fingerprint density at radius 3 is 2.85 bits per heavy atom. The first-order valence-corrected chi connectivity index (χ1v) is 7.48. The Labute approximate surface area is 124 Å². The van der Waals surface area contributed by atoms with Gasteiger partial charge in [-0.25, -0.2) is 4.39 Å². The van der Waals surface area contributed by atoms with Crippen LogP contribution in [0.1, 0.15) is 19.3 Å². The Hall–Kier alpha value is -1.21. The molecule has 7 heteroatoms. The zero-order valence-corrected chi connectivity index (χ0v) is 12.4. The van der Waals surface area contributed by atoms with Crippen molar-refractivity contribution in [1.82, 2.24) is 5.32 Å². The molecule has 5 nitrogen and oxygen atoms in total. The van der Waals surface area contributed by atoms with Crippen LogP contribution in [0.15, 0.2) is 16.6 Å². The molecule has 2 unspecified atom stereocenters. The van der Waals surface area contributed by atoms with Gasteiger partial charge in [-0.3, -0.25) is 10.1 Å². The van der Waals surface area contributed by atoms with E-state index in [0.29, 0.717) is 17.8 Å². The molecule has 2 aliphatic rings. The highest BCUT2D eigenvalue weighted by atomic mass is 79.9. The van der Waals surface area contributed by atoms with Crippen LogP contribution >= 0.6 is 15.9 Å². The summed E-state index contributed by atoms with van der Waals surface area (Å²) in [4.78, 5) is 12.6. The van der Waals surface area contributed by atoms with Crippen LogP contribution in [-0.4, -0.2) is 30.1 Å². The maximum atomic E-state index is 13.5. The first-order valence-electron chi connectivity index (χ1n) is 6.69. The van der Waals surface area contributed by atoms with Gasteiger partial charge < -0.3 is 10.2 Å². The molecule has 2 saturated heterocycles. The van der Waals surface area contributed by atoms with E-state index in [4.69, 9.17) is 0 Å². The van der Waals surface area contributed by atoms with Crippen molar-refractivity contribution < 1.29 is 9.31 Å². The minimum Gasteiger partial charge on any atom is -0.364 e. The van der Waals surface area contributed by atoms with E-state index in [1.165, 1.54) is 12.5 Å². The molecule has 2 atom stereocenters. The fourth-order valence-corrected chi connectivity index (χ4v) is 3.42. The molecular weight excluding hydrogens is 329 g/mol. The van der Waals surface area contributed by atoms with E-state index >= 15 is 0 Å². The van der Waals surface area contributed by atoms with Gasteiger partial charge in [-0.1, -0.05) is 0 Å². The van der Waals surface area contributed by atoms with Gasteiger partial charge in [0.15, 0.2) is 0 Å². The van der Waals surface area contributed by atoms with Crippen LogP contribution in [0, 0.1) is 15.9 Å². The molecule has 20 heavy (non-hydrogen) atoms. The summed E-state index contributed by atoms with van der Waals surface area (Å²) in [6.07, 6.45) is 3.23. The number of nitrogens with one attached hydrogen (secondary N) is 1. The van der Waals surface area contributed by atoms with E-state index in [-0.39, 0.29) is 10.2 Å². The van der Waals surface area contributed by atoms with Crippen LogP contribution in [0.3, 0.4) is 0 Å². The van der Waals surface area contributed by atoms with Gasteiger partial charge in [0.25, 0.3) is 5.69 Å². The molecule has 0 radical (unpaired) electrons. The molecule has 1 N–H and O–H groups in total. The molecule has 0 aromatic heterocycles. The molecule has 1 aromatic carbocycles. The maximum absolute atomic E-state index is 13.5. The monoisotopic (exact) mass is 343 g/mol. The molecule has 0 saturated carbocycles. The van der Waals surface area contributed by atoms with Crippen LogP contribution in [-0.2, 0) is 0 Å². The third kappa shape index (κ3) is 2.52. The predicted octanol–water partition coefficient (Wildman–Crippen LogP) is 2.83. The molecule has 2 fully saturated rings. The molecule has 1 aromatic rings. The van der Waals surface area contributed by atoms with E-state index in [1.807, 2.05) is 4.90 Å². The Kier molecular flexibility index (Phi) is 3.64. The van der Waals surface area contributed by atoms with Crippen molar-refractivity contribution in [2.45, 2.75) is 31.3 Å². The van der Waals surface area contributed by atoms with Gasteiger partial charge in [-0.05, 0) is 41.3 Å². The third-order valence-corrected chi connectivity index (χ3v) is 4.69. The highest BCUT2D eigenvalue weighted by molar-refractivity contribution is 9.10. The predicted molar refractivity (Wildman–Crippen MR) is 77.5 cm³/mol. The fraction of sp³-hybridized carbons (Fsp3) is 0.538. The Bertz CT molecular complexity index is 555. The van der Waals surface area contributed by atoms with Crippen LogP contribution < -0.4 is 10.2 Å². The summed E-state index contributed by atoms with van der Waals surface area (Å²) in [7, 11) is 0. The number of fused-ring (bicyclic) bond motifs is 2. The number of nitro groups is 1. The normalized spacial score (nSPS) is 25.6. The Balaban J connectivity index is 1.96. The van der Waals surface area contributed by atoms with Gasteiger partial charge in [0.1, 0.15) is 11.5 Å². The van der Waals surface area contributed by atoms with Crippen molar-refractivity contribution in [1.29, 1.82) is 0 Å². The second kappa shape index (κ2) is 5.29. The number of halogens is 2. The summed E-state index contributed by atoms with van der Waals surface area (Å²) in [5.74, 6) is -0.602. The molecule has 0 amide bonds. The first kappa shape index (κ1) is 13.8. The molecule has 2 bridgehead atoms. The quantitative estimate of drug-likeness (QED) is 0.662. The van der Waals surface area contributed by atoms with Gasteiger partial charge in [0.2, 0.25) is 0 Å². The average Bonchev–Trinajstić information content (AvgIpc) is 2.72. The summed E-state index contributed by atoms with van der Waals surface area (Å²) in [5.41, 5.74) is 0.334. The van der Waals surface area contributed by atoms with Crippen LogP contribution in [0.2, 0.25) is 0 Å². The van der Waals surface area contributed by atoms with Gasteiger partial charge in [0.05, 0.1) is 15.5 Å². The summed E-state index contributed by atoms with van der Waals surface area (Å²) in [5, 5.41) is 14.7. The lowest BCUT2D eigenvalue weighted by Crippen LogP contribution is -2.35. The van der Waals surface area contributed by atoms with Crippen LogP contribution in [0.25, 0.3) is 0 Å². The van der Waals surface area contributed by atoms with E-state index in [1.54, 1.807) is 0 Å². The average molecular weight is 344 g/mol. The number of anilines is 1. The smallest absolute Gasteiger partial charge is 0.295 e. The van der Waals surface area contributed by atoms with Crippen molar-refractivity contribution in [3.63, 3.8) is 0 Å². The lowest BCUT2D eigenvalue weighted by molar-refractivity contribution is -0.384. The fourth-order valence-electron chi connectivity index (χ4n) is 3.09. The number of rotatable bonds is 2. The zero-order chi connectivity index (χ0) is 14.3. The van der Waals surface area contributed by atoms with E-state index in [0.717, 1.165) is 32.0 Å². The number of nitrogens with zero attached hydrogens (tertiary/aromatic N) is 2. The lowest BCUT2D eigenvalue weighted by Gasteiger charge is -2.26. The SMILES string of the molecule is O=[N+]([O-])c1cc(F)c(Br)cc1N1CCC2CCC(C1)N2. The molecule has 3 rings (SSSR count). The highest BCUT2D eigenvalue weighted by Crippen LogP contribution is 2.35. The summed E-state index contributed by atoms with van der Waals surface area (Å²) in [6.45, 7) is 1.49. The van der Waals surface area contributed by atoms with Crippen molar-refractivity contribution in [3.8, 4) is 0 Å². The third-order valence-electron chi connectivity index (χ3n) is 4.08. The lowest BCUT2D eigenvalue weighted by atomic mass is 10.1. The second-order valence-electron chi connectivity index (χ2n) is 5.38. The Morgan fingerprint density at radius 2 is 2.10 bits per heavy atom. The van der Waals surface area contributed by atoms with Gasteiger partial charge >= 0.3 is 0 Å². The summed E-state index contributed by atoms with van der Waals surface area (Å²) >= 11 is 3.12. The molecular formula is C13H15BrFN3O2. The van der Waals surface area contributed by atoms with E-state index < -0.39 is 10.7 Å². The summed E-state index contributed by atoms with van der Waals surface area (Å²) in [6, 6.07) is 3.39. The minimum atomic E-state index is -0.602.